The summed E-state index contributed by atoms with van der Waals surface area (Å²) in [4.78, 5) is 15.8. The highest BCUT2D eigenvalue weighted by Gasteiger charge is 2.13. The first kappa shape index (κ1) is 14.0. The van der Waals surface area contributed by atoms with Crippen molar-refractivity contribution in [1.29, 1.82) is 0 Å². The van der Waals surface area contributed by atoms with Gasteiger partial charge in [-0.1, -0.05) is 12.1 Å². The fourth-order valence-electron chi connectivity index (χ4n) is 1.80. The van der Waals surface area contributed by atoms with Crippen LogP contribution >= 0.6 is 0 Å². The largest absolute Gasteiger partial charge is 0.508 e. The summed E-state index contributed by atoms with van der Waals surface area (Å²) in [7, 11) is 0. The summed E-state index contributed by atoms with van der Waals surface area (Å²) in [5.41, 5.74) is 7.75. The molecule has 1 atom stereocenters. The van der Waals surface area contributed by atoms with E-state index in [1.54, 1.807) is 36.7 Å². The van der Waals surface area contributed by atoms with Crippen molar-refractivity contribution < 1.29 is 9.90 Å². The summed E-state index contributed by atoms with van der Waals surface area (Å²) in [5.74, 6) is -0.000604. The van der Waals surface area contributed by atoms with Gasteiger partial charge < -0.3 is 16.2 Å². The third-order valence-electron chi connectivity index (χ3n) is 2.94. The molecule has 0 spiro atoms. The van der Waals surface area contributed by atoms with E-state index >= 15 is 0 Å². The van der Waals surface area contributed by atoms with Crippen molar-refractivity contribution in [3.8, 4) is 5.75 Å². The molecule has 2 aromatic rings. The highest BCUT2D eigenvalue weighted by atomic mass is 16.3. The van der Waals surface area contributed by atoms with E-state index in [-0.39, 0.29) is 11.7 Å². The zero-order valence-electron chi connectivity index (χ0n) is 11.0. The van der Waals surface area contributed by atoms with Crippen molar-refractivity contribution in [2.45, 2.75) is 19.0 Å². The van der Waals surface area contributed by atoms with Gasteiger partial charge in [0.15, 0.2) is 0 Å². The Morgan fingerprint density at radius 3 is 2.45 bits per heavy atom. The highest BCUT2D eigenvalue weighted by molar-refractivity contribution is 5.81. The monoisotopic (exact) mass is 271 g/mol. The van der Waals surface area contributed by atoms with Crippen LogP contribution in [0.25, 0.3) is 0 Å². The molecular weight excluding hydrogens is 254 g/mol. The molecule has 1 aromatic heterocycles. The van der Waals surface area contributed by atoms with Crippen LogP contribution in [0.5, 0.6) is 5.75 Å². The SMILES string of the molecule is N[C@@H](Cc1ccc(O)cc1)C(=O)NCc1ccncc1. The van der Waals surface area contributed by atoms with Crippen LogP contribution in [0.1, 0.15) is 11.1 Å². The predicted octanol–water partition coefficient (Wildman–Crippen LogP) is 0.973. The number of hydrogen-bond acceptors (Lipinski definition) is 4. The van der Waals surface area contributed by atoms with Crippen LogP contribution in [-0.4, -0.2) is 22.0 Å². The molecule has 0 fully saturated rings. The van der Waals surface area contributed by atoms with Crippen LogP contribution < -0.4 is 11.1 Å². The predicted molar refractivity (Wildman–Crippen MR) is 75.9 cm³/mol. The first-order chi connectivity index (χ1) is 9.65. The van der Waals surface area contributed by atoms with E-state index in [1.807, 2.05) is 12.1 Å². The van der Waals surface area contributed by atoms with E-state index in [1.165, 1.54) is 0 Å². The average Bonchev–Trinajstić information content (AvgIpc) is 2.48. The third kappa shape index (κ3) is 4.07. The molecule has 4 N–H and O–H groups in total. The van der Waals surface area contributed by atoms with Gasteiger partial charge in [-0.3, -0.25) is 9.78 Å². The second-order valence-corrected chi connectivity index (χ2v) is 4.55. The Morgan fingerprint density at radius 2 is 1.80 bits per heavy atom. The Balaban J connectivity index is 1.84. The zero-order valence-corrected chi connectivity index (χ0v) is 11.0. The molecule has 0 saturated carbocycles. The lowest BCUT2D eigenvalue weighted by Crippen LogP contribution is -2.41. The molecular formula is C15H17N3O2. The quantitative estimate of drug-likeness (QED) is 0.756. The molecule has 1 amide bonds. The van der Waals surface area contributed by atoms with E-state index < -0.39 is 6.04 Å². The number of benzene rings is 1. The van der Waals surface area contributed by atoms with Crippen LogP contribution in [-0.2, 0) is 17.8 Å². The summed E-state index contributed by atoms with van der Waals surface area (Å²) < 4.78 is 0. The van der Waals surface area contributed by atoms with Gasteiger partial charge in [-0.15, -0.1) is 0 Å². The molecule has 0 aliphatic heterocycles. The second kappa shape index (κ2) is 6.68. The average molecular weight is 271 g/mol. The number of carbonyl (C=O) groups excluding carboxylic acids is 1. The summed E-state index contributed by atoms with van der Waals surface area (Å²) in [6, 6.07) is 9.74. The van der Waals surface area contributed by atoms with Crippen molar-refractivity contribution in [2.75, 3.05) is 0 Å². The van der Waals surface area contributed by atoms with Crippen molar-refractivity contribution >= 4 is 5.91 Å². The number of pyridine rings is 1. The molecule has 2 rings (SSSR count). The number of phenols is 1. The molecule has 104 valence electrons. The lowest BCUT2D eigenvalue weighted by molar-refractivity contribution is -0.122. The van der Waals surface area contributed by atoms with Crippen molar-refractivity contribution in [3.05, 3.63) is 59.9 Å². The number of amides is 1. The summed E-state index contributed by atoms with van der Waals surface area (Å²) in [5, 5.41) is 12.0. The molecule has 0 aliphatic rings. The molecule has 0 aliphatic carbocycles. The Bertz CT molecular complexity index is 555. The van der Waals surface area contributed by atoms with Gasteiger partial charge in [0.1, 0.15) is 5.75 Å². The molecule has 20 heavy (non-hydrogen) atoms. The maximum Gasteiger partial charge on any atom is 0.237 e. The zero-order chi connectivity index (χ0) is 14.4. The molecule has 0 radical (unpaired) electrons. The van der Waals surface area contributed by atoms with Crippen LogP contribution in [0, 0.1) is 0 Å². The van der Waals surface area contributed by atoms with Crippen molar-refractivity contribution in [2.24, 2.45) is 5.73 Å². The molecule has 1 aromatic carbocycles. The minimum atomic E-state index is -0.610. The Labute approximate surface area is 117 Å². The number of aromatic nitrogens is 1. The van der Waals surface area contributed by atoms with Gasteiger partial charge in [0.25, 0.3) is 0 Å². The van der Waals surface area contributed by atoms with Gasteiger partial charge in [0.2, 0.25) is 5.91 Å². The number of hydrogen-bond donors (Lipinski definition) is 3. The Hall–Kier alpha value is -2.40. The van der Waals surface area contributed by atoms with Crippen LogP contribution in [0.2, 0.25) is 0 Å². The van der Waals surface area contributed by atoms with Crippen molar-refractivity contribution in [3.63, 3.8) is 0 Å². The van der Waals surface area contributed by atoms with Gasteiger partial charge >= 0.3 is 0 Å². The highest BCUT2D eigenvalue weighted by Crippen LogP contribution is 2.10. The standard InChI is InChI=1S/C15H17N3O2/c16-14(9-11-1-3-13(19)4-2-11)15(20)18-10-12-5-7-17-8-6-12/h1-8,14,19H,9-10,16H2,(H,18,20)/t14-/m0/s1. The fourth-order valence-corrected chi connectivity index (χ4v) is 1.80. The molecule has 0 unspecified atom stereocenters. The van der Waals surface area contributed by atoms with E-state index in [0.717, 1.165) is 11.1 Å². The van der Waals surface area contributed by atoms with E-state index in [9.17, 15) is 9.90 Å². The van der Waals surface area contributed by atoms with Crippen LogP contribution in [0.3, 0.4) is 0 Å². The minimum absolute atomic E-state index is 0.199. The first-order valence-corrected chi connectivity index (χ1v) is 6.35. The van der Waals surface area contributed by atoms with Gasteiger partial charge in [0.05, 0.1) is 6.04 Å². The molecule has 5 nitrogen and oxygen atoms in total. The number of nitrogens with two attached hydrogens (primary N) is 1. The van der Waals surface area contributed by atoms with Gasteiger partial charge in [-0.05, 0) is 41.8 Å². The number of phenolic OH excluding ortho intramolecular Hbond substituents is 1. The van der Waals surface area contributed by atoms with Crippen molar-refractivity contribution in [1.82, 2.24) is 10.3 Å². The molecule has 0 saturated heterocycles. The lowest BCUT2D eigenvalue weighted by atomic mass is 10.1. The number of aromatic hydroxyl groups is 1. The summed E-state index contributed by atoms with van der Waals surface area (Å²) in [6.45, 7) is 0.435. The smallest absolute Gasteiger partial charge is 0.237 e. The molecule has 5 heteroatoms. The summed E-state index contributed by atoms with van der Waals surface area (Å²) >= 11 is 0. The Morgan fingerprint density at radius 1 is 1.15 bits per heavy atom. The molecule has 0 bridgehead atoms. The number of rotatable bonds is 5. The normalized spacial score (nSPS) is 11.8. The Kier molecular flexibility index (Phi) is 4.68. The lowest BCUT2D eigenvalue weighted by Gasteiger charge is -2.12. The minimum Gasteiger partial charge on any atom is -0.508 e. The number of nitrogens with zero attached hydrogens (tertiary/aromatic N) is 1. The maximum absolute atomic E-state index is 11.9. The van der Waals surface area contributed by atoms with Gasteiger partial charge in [-0.25, -0.2) is 0 Å². The number of nitrogens with one attached hydrogen (secondary N) is 1. The summed E-state index contributed by atoms with van der Waals surface area (Å²) in [6.07, 6.45) is 3.79. The van der Waals surface area contributed by atoms with Crippen LogP contribution in [0.15, 0.2) is 48.8 Å². The number of carbonyl (C=O) groups is 1. The first-order valence-electron chi connectivity index (χ1n) is 6.35. The van der Waals surface area contributed by atoms with E-state index in [0.29, 0.717) is 13.0 Å². The van der Waals surface area contributed by atoms with Gasteiger partial charge in [0, 0.05) is 18.9 Å². The maximum atomic E-state index is 11.9. The topological polar surface area (TPSA) is 88.2 Å². The third-order valence-corrected chi connectivity index (χ3v) is 2.94. The molecule has 1 heterocycles. The fraction of sp³-hybridized carbons (Fsp3) is 0.200. The van der Waals surface area contributed by atoms with Crippen LogP contribution in [0.4, 0.5) is 0 Å². The van der Waals surface area contributed by atoms with E-state index in [2.05, 4.69) is 10.3 Å². The second-order valence-electron chi connectivity index (χ2n) is 4.55. The van der Waals surface area contributed by atoms with E-state index in [4.69, 9.17) is 5.73 Å². The van der Waals surface area contributed by atoms with Gasteiger partial charge in [-0.2, -0.15) is 0 Å².